The number of nitrogens with zero attached hydrogens (tertiary/aromatic N) is 3. The highest BCUT2D eigenvalue weighted by molar-refractivity contribution is 5.89. The number of hydrogen-bond acceptors (Lipinski definition) is 3. The highest BCUT2D eigenvalue weighted by Gasteiger charge is 2.27. The smallest absolute Gasteiger partial charge is 0.241 e. The molecule has 106 valence electrons. The zero-order chi connectivity index (χ0) is 14.6. The maximum atomic E-state index is 12.1. The molecule has 0 aromatic heterocycles. The minimum atomic E-state index is 0.0914. The quantitative estimate of drug-likeness (QED) is 0.730. The summed E-state index contributed by atoms with van der Waals surface area (Å²) in [7, 11) is 0. The van der Waals surface area contributed by atoms with E-state index in [4.69, 9.17) is 0 Å². The molecule has 0 spiro atoms. The minimum absolute atomic E-state index is 0.0914. The summed E-state index contributed by atoms with van der Waals surface area (Å²) < 4.78 is 0. The summed E-state index contributed by atoms with van der Waals surface area (Å²) >= 11 is 0. The molecule has 0 aliphatic carbocycles. The predicted molar refractivity (Wildman–Crippen MR) is 80.1 cm³/mol. The molecule has 1 heterocycles. The van der Waals surface area contributed by atoms with Crippen molar-refractivity contribution in [1.82, 2.24) is 9.80 Å². The topological polar surface area (TPSA) is 35.9 Å². The van der Waals surface area contributed by atoms with Crippen molar-refractivity contribution in [2.75, 3.05) is 26.2 Å². The first-order chi connectivity index (χ1) is 8.69. The fourth-order valence-electron chi connectivity index (χ4n) is 2.09. The monoisotopic (exact) mass is 263 g/mol. The van der Waals surface area contributed by atoms with Crippen LogP contribution in [-0.2, 0) is 4.79 Å². The third kappa shape index (κ3) is 5.39. The van der Waals surface area contributed by atoms with E-state index < -0.39 is 0 Å². The van der Waals surface area contributed by atoms with Crippen molar-refractivity contribution in [2.24, 2.45) is 10.4 Å². The predicted octanol–water partition coefficient (Wildman–Crippen LogP) is 2.29. The van der Waals surface area contributed by atoms with Gasteiger partial charge in [0.05, 0.1) is 18.5 Å². The Balaban J connectivity index is 2.57. The van der Waals surface area contributed by atoms with E-state index in [0.29, 0.717) is 24.5 Å². The van der Waals surface area contributed by atoms with E-state index in [1.165, 1.54) is 0 Å². The summed E-state index contributed by atoms with van der Waals surface area (Å²) in [5.74, 6) is 0.0914. The average molecular weight is 263 g/mol. The maximum absolute atomic E-state index is 12.1. The SMILES string of the molecule is C=C(C)/N=C\C(=C)N1CCN(CC(C)(C)C)CC1=O. The first kappa shape index (κ1) is 15.6. The summed E-state index contributed by atoms with van der Waals surface area (Å²) in [6.45, 7) is 18.9. The third-order valence-corrected chi connectivity index (χ3v) is 2.78. The Morgan fingerprint density at radius 2 is 2.00 bits per heavy atom. The molecule has 0 unspecified atom stereocenters. The molecular weight excluding hydrogens is 238 g/mol. The number of carbonyl (C=O) groups is 1. The highest BCUT2D eigenvalue weighted by Crippen LogP contribution is 2.17. The molecule has 0 bridgehead atoms. The van der Waals surface area contributed by atoms with Gasteiger partial charge >= 0.3 is 0 Å². The lowest BCUT2D eigenvalue weighted by Gasteiger charge is -2.37. The molecule has 1 aliphatic rings. The lowest BCUT2D eigenvalue weighted by molar-refractivity contribution is -0.133. The van der Waals surface area contributed by atoms with Crippen LogP contribution in [0.3, 0.4) is 0 Å². The van der Waals surface area contributed by atoms with E-state index in [0.717, 1.165) is 13.1 Å². The summed E-state index contributed by atoms with van der Waals surface area (Å²) in [4.78, 5) is 20.1. The van der Waals surface area contributed by atoms with Gasteiger partial charge in [0.2, 0.25) is 5.91 Å². The fourth-order valence-corrected chi connectivity index (χ4v) is 2.09. The molecule has 1 fully saturated rings. The highest BCUT2D eigenvalue weighted by atomic mass is 16.2. The fraction of sp³-hybridized carbons (Fsp3) is 0.600. The van der Waals surface area contributed by atoms with Gasteiger partial charge in [0, 0.05) is 25.3 Å². The molecular formula is C15H25N3O. The lowest BCUT2D eigenvalue weighted by Crippen LogP contribution is -2.51. The molecule has 1 rings (SSSR count). The van der Waals surface area contributed by atoms with Crippen LogP contribution < -0.4 is 0 Å². The van der Waals surface area contributed by atoms with Crippen LogP contribution >= 0.6 is 0 Å². The van der Waals surface area contributed by atoms with E-state index in [2.05, 4.69) is 43.8 Å². The van der Waals surface area contributed by atoms with Gasteiger partial charge in [-0.3, -0.25) is 14.7 Å². The molecule has 4 heteroatoms. The van der Waals surface area contributed by atoms with E-state index in [1.54, 1.807) is 11.1 Å². The van der Waals surface area contributed by atoms with Crippen molar-refractivity contribution in [3.63, 3.8) is 0 Å². The molecule has 1 saturated heterocycles. The van der Waals surface area contributed by atoms with Gasteiger partial charge in [0.25, 0.3) is 0 Å². The Morgan fingerprint density at radius 1 is 1.37 bits per heavy atom. The molecule has 1 aliphatic heterocycles. The van der Waals surface area contributed by atoms with Crippen LogP contribution in [0.2, 0.25) is 0 Å². The molecule has 0 aromatic carbocycles. The van der Waals surface area contributed by atoms with Crippen molar-refractivity contribution in [3.05, 3.63) is 24.6 Å². The second-order valence-corrected chi connectivity index (χ2v) is 6.30. The zero-order valence-electron chi connectivity index (χ0n) is 12.6. The summed E-state index contributed by atoms with van der Waals surface area (Å²) in [6.07, 6.45) is 1.61. The van der Waals surface area contributed by atoms with Crippen molar-refractivity contribution in [2.45, 2.75) is 27.7 Å². The Kier molecular flexibility index (Phi) is 5.06. The average Bonchev–Trinajstić information content (AvgIpc) is 2.23. The third-order valence-electron chi connectivity index (χ3n) is 2.78. The van der Waals surface area contributed by atoms with Crippen molar-refractivity contribution in [3.8, 4) is 0 Å². The van der Waals surface area contributed by atoms with Gasteiger partial charge in [0.1, 0.15) is 0 Å². The molecule has 19 heavy (non-hydrogen) atoms. The second kappa shape index (κ2) is 6.15. The lowest BCUT2D eigenvalue weighted by atomic mass is 9.96. The first-order valence-corrected chi connectivity index (χ1v) is 6.60. The van der Waals surface area contributed by atoms with Crippen LogP contribution in [0.25, 0.3) is 0 Å². The molecule has 0 N–H and O–H groups in total. The molecule has 1 amide bonds. The van der Waals surface area contributed by atoms with E-state index in [1.807, 2.05) is 6.92 Å². The van der Waals surface area contributed by atoms with Crippen LogP contribution in [0, 0.1) is 5.41 Å². The van der Waals surface area contributed by atoms with Gasteiger partial charge in [-0.1, -0.05) is 33.9 Å². The standard InChI is InChI=1S/C15H25N3O/c1-12(2)16-9-13(3)18-8-7-17(10-14(18)19)11-15(4,5)6/h9H,1,3,7-8,10-11H2,2,4-6H3/b16-9-. The first-order valence-electron chi connectivity index (χ1n) is 6.60. The second-order valence-electron chi connectivity index (χ2n) is 6.30. The molecule has 0 saturated carbocycles. The zero-order valence-corrected chi connectivity index (χ0v) is 12.6. The van der Waals surface area contributed by atoms with Crippen LogP contribution in [-0.4, -0.2) is 48.1 Å². The van der Waals surface area contributed by atoms with E-state index >= 15 is 0 Å². The normalized spacial score (nSPS) is 18.1. The Hall–Kier alpha value is -1.42. The summed E-state index contributed by atoms with van der Waals surface area (Å²) in [5, 5.41) is 0. The number of rotatable bonds is 4. The number of allylic oxidation sites excluding steroid dienone is 2. The van der Waals surface area contributed by atoms with Crippen LogP contribution in [0.15, 0.2) is 29.5 Å². The Morgan fingerprint density at radius 3 is 2.47 bits per heavy atom. The Bertz CT molecular complexity index is 404. The van der Waals surface area contributed by atoms with Crippen molar-refractivity contribution < 1.29 is 4.79 Å². The Labute approximate surface area is 116 Å². The van der Waals surface area contributed by atoms with Gasteiger partial charge in [-0.05, 0) is 12.3 Å². The van der Waals surface area contributed by atoms with Gasteiger partial charge < -0.3 is 4.90 Å². The summed E-state index contributed by atoms with van der Waals surface area (Å²) in [6, 6.07) is 0. The van der Waals surface area contributed by atoms with Gasteiger partial charge in [-0.2, -0.15) is 0 Å². The molecule has 4 nitrogen and oxygen atoms in total. The summed E-state index contributed by atoms with van der Waals surface area (Å²) in [5.41, 5.74) is 1.56. The number of hydrogen-bond donors (Lipinski definition) is 0. The van der Waals surface area contributed by atoms with E-state index in [9.17, 15) is 4.79 Å². The number of carbonyl (C=O) groups excluding carboxylic acids is 1. The van der Waals surface area contributed by atoms with Gasteiger partial charge in [0.15, 0.2) is 0 Å². The van der Waals surface area contributed by atoms with Crippen LogP contribution in [0.5, 0.6) is 0 Å². The van der Waals surface area contributed by atoms with Crippen molar-refractivity contribution >= 4 is 12.1 Å². The largest absolute Gasteiger partial charge is 0.309 e. The molecule has 0 aromatic rings. The van der Waals surface area contributed by atoms with Crippen molar-refractivity contribution in [1.29, 1.82) is 0 Å². The number of piperazine rings is 1. The van der Waals surface area contributed by atoms with Crippen LogP contribution in [0.1, 0.15) is 27.7 Å². The molecule has 0 atom stereocenters. The molecule has 0 radical (unpaired) electrons. The van der Waals surface area contributed by atoms with Gasteiger partial charge in [-0.15, -0.1) is 0 Å². The van der Waals surface area contributed by atoms with Gasteiger partial charge in [-0.25, -0.2) is 0 Å². The van der Waals surface area contributed by atoms with Crippen LogP contribution in [0.4, 0.5) is 0 Å². The minimum Gasteiger partial charge on any atom is -0.309 e. The maximum Gasteiger partial charge on any atom is 0.241 e. The van der Waals surface area contributed by atoms with E-state index in [-0.39, 0.29) is 11.3 Å². The number of amides is 1. The number of aliphatic imine (C=N–C) groups is 1.